The van der Waals surface area contributed by atoms with Crippen LogP contribution in [0.4, 0.5) is 0 Å². The Labute approximate surface area is 105 Å². The molecule has 17 heavy (non-hydrogen) atoms. The lowest BCUT2D eigenvalue weighted by Crippen LogP contribution is -2.50. The van der Waals surface area contributed by atoms with Gasteiger partial charge in [0.15, 0.2) is 0 Å². The van der Waals surface area contributed by atoms with Gasteiger partial charge in [-0.1, -0.05) is 19.3 Å². The standard InChI is InChI=1S/C13H26BNO2/c1-14(17)15-9-7-13(11-16,8-10-15)12-5-3-2-4-6-12/h12,16-17H,2-11H2,1H3. The maximum absolute atomic E-state index is 9.84. The van der Waals surface area contributed by atoms with Gasteiger partial charge < -0.3 is 14.9 Å². The summed E-state index contributed by atoms with van der Waals surface area (Å²) in [6, 6.07) is 0. The monoisotopic (exact) mass is 239 g/mol. The Morgan fingerprint density at radius 2 is 1.76 bits per heavy atom. The van der Waals surface area contributed by atoms with Crippen LogP contribution >= 0.6 is 0 Å². The largest absolute Gasteiger partial charge is 0.437 e. The third-order valence-electron chi connectivity index (χ3n) is 5.11. The number of nitrogens with zero attached hydrogens (tertiary/aromatic N) is 1. The number of hydrogen-bond donors (Lipinski definition) is 2. The molecule has 1 saturated carbocycles. The SMILES string of the molecule is CB(O)N1CCC(CO)(C2CCCCC2)CC1. The summed E-state index contributed by atoms with van der Waals surface area (Å²) in [7, 11) is -0.335. The molecule has 1 saturated heterocycles. The van der Waals surface area contributed by atoms with Gasteiger partial charge in [0, 0.05) is 6.61 Å². The molecule has 0 atom stereocenters. The maximum Gasteiger partial charge on any atom is 0.376 e. The predicted octanol–water partition coefficient (Wildman–Crippen LogP) is 1.75. The van der Waals surface area contributed by atoms with Crippen molar-refractivity contribution >= 4 is 7.05 Å². The minimum atomic E-state index is -0.335. The van der Waals surface area contributed by atoms with E-state index >= 15 is 0 Å². The smallest absolute Gasteiger partial charge is 0.376 e. The van der Waals surface area contributed by atoms with Crippen LogP contribution in [0.25, 0.3) is 0 Å². The lowest BCUT2D eigenvalue weighted by molar-refractivity contribution is -0.00498. The topological polar surface area (TPSA) is 43.7 Å². The Hall–Kier alpha value is -0.0551. The van der Waals surface area contributed by atoms with Crippen LogP contribution in [-0.4, -0.2) is 41.7 Å². The number of aliphatic hydroxyl groups excluding tert-OH is 1. The van der Waals surface area contributed by atoms with Crippen LogP contribution in [0.2, 0.25) is 6.82 Å². The van der Waals surface area contributed by atoms with Crippen molar-refractivity contribution in [3.05, 3.63) is 0 Å². The van der Waals surface area contributed by atoms with Crippen LogP contribution in [-0.2, 0) is 0 Å². The van der Waals surface area contributed by atoms with E-state index in [4.69, 9.17) is 0 Å². The molecule has 0 radical (unpaired) electrons. The molecule has 3 nitrogen and oxygen atoms in total. The van der Waals surface area contributed by atoms with Gasteiger partial charge in [0.05, 0.1) is 0 Å². The maximum atomic E-state index is 9.84. The van der Waals surface area contributed by atoms with Gasteiger partial charge in [-0.3, -0.25) is 0 Å². The first-order valence-corrected chi connectivity index (χ1v) is 7.21. The number of piperidine rings is 1. The fourth-order valence-corrected chi connectivity index (χ4v) is 3.75. The quantitative estimate of drug-likeness (QED) is 0.737. The summed E-state index contributed by atoms with van der Waals surface area (Å²) in [5, 5.41) is 19.4. The Kier molecular flexibility index (Phi) is 4.50. The first-order valence-electron chi connectivity index (χ1n) is 7.21. The molecule has 2 fully saturated rings. The Morgan fingerprint density at radius 3 is 2.24 bits per heavy atom. The lowest BCUT2D eigenvalue weighted by atomic mass is 9.63. The molecule has 0 spiro atoms. The minimum Gasteiger partial charge on any atom is -0.437 e. The Morgan fingerprint density at radius 1 is 1.18 bits per heavy atom. The molecule has 1 aliphatic carbocycles. The van der Waals surface area contributed by atoms with Crippen LogP contribution < -0.4 is 0 Å². The van der Waals surface area contributed by atoms with Crippen molar-refractivity contribution in [1.82, 2.24) is 4.81 Å². The highest BCUT2D eigenvalue weighted by molar-refractivity contribution is 6.45. The molecular weight excluding hydrogens is 213 g/mol. The first-order chi connectivity index (χ1) is 8.18. The average molecular weight is 239 g/mol. The highest BCUT2D eigenvalue weighted by Gasteiger charge is 2.41. The first kappa shape index (κ1) is 13.4. The Balaban J connectivity index is 1.96. The Bertz CT molecular complexity index is 234. The fraction of sp³-hybridized carbons (Fsp3) is 1.00. The number of rotatable bonds is 3. The summed E-state index contributed by atoms with van der Waals surface area (Å²) in [6.07, 6.45) is 8.76. The molecule has 0 aromatic heterocycles. The van der Waals surface area contributed by atoms with E-state index in [9.17, 15) is 10.1 Å². The second-order valence-electron chi connectivity index (χ2n) is 6.02. The van der Waals surface area contributed by atoms with E-state index in [-0.39, 0.29) is 12.5 Å². The van der Waals surface area contributed by atoms with Gasteiger partial charge >= 0.3 is 7.05 Å². The summed E-state index contributed by atoms with van der Waals surface area (Å²) in [4.78, 5) is 2.12. The van der Waals surface area contributed by atoms with Gasteiger partial charge in [0.25, 0.3) is 0 Å². The molecule has 0 aromatic carbocycles. The van der Waals surface area contributed by atoms with E-state index in [1.807, 2.05) is 6.82 Å². The zero-order valence-corrected chi connectivity index (χ0v) is 11.1. The molecule has 1 heterocycles. The van der Waals surface area contributed by atoms with Crippen molar-refractivity contribution in [2.24, 2.45) is 11.3 Å². The third kappa shape index (κ3) is 2.86. The van der Waals surface area contributed by atoms with Crippen molar-refractivity contribution in [2.75, 3.05) is 19.7 Å². The molecule has 0 aromatic rings. The molecule has 2 N–H and O–H groups in total. The molecule has 98 valence electrons. The summed E-state index contributed by atoms with van der Waals surface area (Å²) < 4.78 is 0. The molecule has 0 unspecified atom stereocenters. The van der Waals surface area contributed by atoms with E-state index in [1.54, 1.807) is 0 Å². The van der Waals surface area contributed by atoms with Crippen LogP contribution in [0, 0.1) is 11.3 Å². The molecular formula is C13H26BNO2. The van der Waals surface area contributed by atoms with E-state index in [0.717, 1.165) is 31.8 Å². The molecule has 0 amide bonds. The van der Waals surface area contributed by atoms with Crippen molar-refractivity contribution in [3.63, 3.8) is 0 Å². The van der Waals surface area contributed by atoms with E-state index < -0.39 is 0 Å². The summed E-state index contributed by atoms with van der Waals surface area (Å²) in [5.74, 6) is 0.720. The molecule has 0 bridgehead atoms. The summed E-state index contributed by atoms with van der Waals surface area (Å²) in [5.41, 5.74) is 0.159. The molecule has 1 aliphatic heterocycles. The zero-order valence-electron chi connectivity index (χ0n) is 11.1. The van der Waals surface area contributed by atoms with Crippen LogP contribution in [0.1, 0.15) is 44.9 Å². The van der Waals surface area contributed by atoms with Gasteiger partial charge in [-0.25, -0.2) is 0 Å². The minimum absolute atomic E-state index is 0.159. The highest BCUT2D eigenvalue weighted by atomic mass is 16.3. The lowest BCUT2D eigenvalue weighted by Gasteiger charge is -2.47. The normalized spacial score (nSPS) is 27.0. The van der Waals surface area contributed by atoms with Crippen molar-refractivity contribution in [3.8, 4) is 0 Å². The van der Waals surface area contributed by atoms with Crippen LogP contribution in [0.5, 0.6) is 0 Å². The average Bonchev–Trinajstić information content (AvgIpc) is 2.40. The van der Waals surface area contributed by atoms with Crippen molar-refractivity contribution in [1.29, 1.82) is 0 Å². The second kappa shape index (κ2) is 5.72. The van der Waals surface area contributed by atoms with E-state index in [0.29, 0.717) is 6.61 Å². The molecule has 2 aliphatic rings. The van der Waals surface area contributed by atoms with Gasteiger partial charge in [0.2, 0.25) is 0 Å². The fourth-order valence-electron chi connectivity index (χ4n) is 3.75. The van der Waals surface area contributed by atoms with E-state index in [2.05, 4.69) is 4.81 Å². The predicted molar refractivity (Wildman–Crippen MR) is 70.7 cm³/mol. The molecule has 2 rings (SSSR count). The van der Waals surface area contributed by atoms with Gasteiger partial charge in [-0.05, 0) is 56.9 Å². The third-order valence-corrected chi connectivity index (χ3v) is 5.11. The number of hydrogen-bond acceptors (Lipinski definition) is 3. The van der Waals surface area contributed by atoms with Gasteiger partial charge in [-0.2, -0.15) is 0 Å². The van der Waals surface area contributed by atoms with Gasteiger partial charge in [-0.15, -0.1) is 0 Å². The van der Waals surface area contributed by atoms with E-state index in [1.165, 1.54) is 32.1 Å². The molecule has 4 heteroatoms. The second-order valence-corrected chi connectivity index (χ2v) is 6.02. The zero-order chi connectivity index (χ0) is 12.3. The van der Waals surface area contributed by atoms with Crippen molar-refractivity contribution < 1.29 is 10.1 Å². The summed E-state index contributed by atoms with van der Waals surface area (Å²) >= 11 is 0. The number of aliphatic hydroxyl groups is 1. The summed E-state index contributed by atoms with van der Waals surface area (Å²) in [6.45, 7) is 4.06. The van der Waals surface area contributed by atoms with Gasteiger partial charge in [0.1, 0.15) is 0 Å². The van der Waals surface area contributed by atoms with Crippen molar-refractivity contribution in [2.45, 2.75) is 51.8 Å². The van der Waals surface area contributed by atoms with Crippen LogP contribution in [0.3, 0.4) is 0 Å². The highest BCUT2D eigenvalue weighted by Crippen LogP contribution is 2.45. The van der Waals surface area contributed by atoms with Crippen LogP contribution in [0.15, 0.2) is 0 Å².